The Morgan fingerprint density at radius 3 is 2.65 bits per heavy atom. The van der Waals surface area contributed by atoms with E-state index in [0.717, 1.165) is 18.9 Å². The van der Waals surface area contributed by atoms with E-state index >= 15 is 4.79 Å². The largest absolute Gasteiger partial charge is 0.508 e. The summed E-state index contributed by atoms with van der Waals surface area (Å²) in [6.07, 6.45) is -0.292. The highest BCUT2D eigenvalue weighted by molar-refractivity contribution is 9.09. The van der Waals surface area contributed by atoms with Crippen LogP contribution >= 0.6 is 43.2 Å². The zero-order valence-corrected chi connectivity index (χ0v) is 40.5. The normalized spacial score (nSPS) is 31.0. The summed E-state index contributed by atoms with van der Waals surface area (Å²) in [4.78, 5) is 50.1. The quantitative estimate of drug-likeness (QED) is 0.0500. The number of hydrogen-bond acceptors (Lipinski definition) is 18. The van der Waals surface area contributed by atoms with Crippen LogP contribution in [-0.4, -0.2) is 148 Å². The Morgan fingerprint density at radius 2 is 1.92 bits per heavy atom. The van der Waals surface area contributed by atoms with Crippen LogP contribution in [0.15, 0.2) is 65.5 Å². The Kier molecular flexibility index (Phi) is 16.3. The summed E-state index contributed by atoms with van der Waals surface area (Å²) in [6.45, 7) is 5.83. The van der Waals surface area contributed by atoms with E-state index in [1.807, 2.05) is 20.1 Å². The van der Waals surface area contributed by atoms with E-state index in [9.17, 15) is 24.9 Å². The van der Waals surface area contributed by atoms with Gasteiger partial charge in [-0.25, -0.2) is 4.79 Å². The van der Waals surface area contributed by atoms with Gasteiger partial charge in [0.2, 0.25) is 5.78 Å². The molecule has 1 aromatic carbocycles. The van der Waals surface area contributed by atoms with Crippen LogP contribution in [0.25, 0.3) is 21.8 Å². The molecule has 10 atom stereocenters. The third-order valence-corrected chi connectivity index (χ3v) is 16.9. The molecule has 0 saturated carbocycles. The number of ether oxygens (including phenoxy) is 6. The summed E-state index contributed by atoms with van der Waals surface area (Å²) in [5.74, 6) is 10.7. The number of H-pyrrole nitrogens is 1. The molecule has 4 aliphatic rings. The van der Waals surface area contributed by atoms with Crippen molar-refractivity contribution in [3.8, 4) is 29.4 Å². The van der Waals surface area contributed by atoms with E-state index in [1.165, 1.54) is 55.8 Å². The third kappa shape index (κ3) is 10.1. The molecule has 0 radical (unpaired) electrons. The number of methoxy groups -OCH3 is 2. The van der Waals surface area contributed by atoms with E-state index < -0.39 is 71.4 Å². The van der Waals surface area contributed by atoms with Crippen molar-refractivity contribution in [1.29, 1.82) is 0 Å². The number of ketones is 2. The number of alkyl carbamates (subject to hydrolysis) is 1. The van der Waals surface area contributed by atoms with Crippen molar-refractivity contribution in [1.82, 2.24) is 20.6 Å². The molecular weight excluding hydrogens is 929 g/mol. The Bertz CT molecular complexity index is 2560. The number of nitrogens with one attached hydrogen (secondary N) is 3. The van der Waals surface area contributed by atoms with Crippen LogP contribution in [0.3, 0.4) is 0 Å². The number of Topliss-reactive ketones (excluding diaryl/α,β-unsaturated/α-hetero) is 2. The Morgan fingerprint density at radius 1 is 1.14 bits per heavy atom. The smallest absolute Gasteiger partial charge is 0.411 e. The van der Waals surface area contributed by atoms with E-state index in [1.54, 1.807) is 44.6 Å². The van der Waals surface area contributed by atoms with Crippen molar-refractivity contribution >= 4 is 82.6 Å². The number of phenolic OH excluding ortho intramolecular Hbond substituents is 1. The minimum absolute atomic E-state index is 0.00929. The Balaban J connectivity index is 1.35. The van der Waals surface area contributed by atoms with Gasteiger partial charge < -0.3 is 54.0 Å². The number of allylic oxidation sites excluding steroid dienone is 3. The second kappa shape index (κ2) is 21.5. The van der Waals surface area contributed by atoms with Gasteiger partial charge in [-0.1, -0.05) is 65.2 Å². The van der Waals surface area contributed by atoms with Gasteiger partial charge >= 0.3 is 6.09 Å². The Hall–Kier alpha value is -4.00. The fourth-order valence-electron chi connectivity index (χ4n) is 8.73. The SMILES string of the molecule is COC(=O)NC1=C2C(=CCSSSC)[C@](O)(C#C/C=C\C#C[C@@H]2O[C@@H]2O[C@H](C)[C@@](SC)(C(=O)c3nccc4c3[nH]c3ccc(O)cc34)[C@H](O)[C@H]2O[C@H]2C[C@H](OC)[C@@H](NC(C)C)CO2)CC1=O. The average molecular weight is 981 g/mol. The number of benzene rings is 1. The number of carbonyl (C=O) groups is 3. The van der Waals surface area contributed by atoms with Gasteiger partial charge in [0, 0.05) is 59.0 Å². The number of carbonyl (C=O) groups excluding carboxylic acids is 3. The maximum atomic E-state index is 15.3. The molecular formula is C46H52N4O12S4. The predicted octanol–water partition coefficient (Wildman–Crippen LogP) is 5.19. The Labute approximate surface area is 398 Å². The van der Waals surface area contributed by atoms with Crippen LogP contribution in [0.2, 0.25) is 0 Å². The highest BCUT2D eigenvalue weighted by Crippen LogP contribution is 2.47. The molecule has 352 valence electrons. The van der Waals surface area contributed by atoms with E-state index in [0.29, 0.717) is 27.6 Å². The summed E-state index contributed by atoms with van der Waals surface area (Å²) in [5.41, 5.74) is -1.07. The van der Waals surface area contributed by atoms with Gasteiger partial charge in [-0.3, -0.25) is 19.9 Å². The number of aromatic amines is 1. The molecule has 2 saturated heterocycles. The number of rotatable bonds is 15. The zero-order valence-electron chi connectivity index (χ0n) is 37.2. The minimum Gasteiger partial charge on any atom is -0.508 e. The molecule has 7 rings (SSSR count). The number of aliphatic hydroxyl groups is 2. The molecule has 66 heavy (non-hydrogen) atoms. The maximum absolute atomic E-state index is 15.3. The predicted molar refractivity (Wildman–Crippen MR) is 257 cm³/mol. The van der Waals surface area contributed by atoms with Crippen LogP contribution < -0.4 is 10.6 Å². The number of aromatic nitrogens is 2. The number of amides is 1. The molecule has 0 unspecified atom stereocenters. The fraction of sp³-hybridized carbons (Fsp3) is 0.478. The number of pyridine rings is 1. The number of hydrogen-bond donors (Lipinski definition) is 6. The van der Waals surface area contributed by atoms with Crippen LogP contribution in [-0.2, 0) is 33.2 Å². The van der Waals surface area contributed by atoms with Crippen molar-refractivity contribution in [2.24, 2.45) is 0 Å². The third-order valence-electron chi connectivity index (χ3n) is 11.7. The van der Waals surface area contributed by atoms with Crippen molar-refractivity contribution in [2.45, 2.75) is 99.1 Å². The highest BCUT2D eigenvalue weighted by atomic mass is 33.5. The van der Waals surface area contributed by atoms with Crippen LogP contribution in [0.1, 0.15) is 44.1 Å². The van der Waals surface area contributed by atoms with Gasteiger partial charge in [-0.05, 0) is 65.7 Å². The fourth-order valence-corrected chi connectivity index (χ4v) is 12.2. The first kappa shape index (κ1) is 49.9. The maximum Gasteiger partial charge on any atom is 0.411 e. The zero-order chi connectivity index (χ0) is 47.3. The van der Waals surface area contributed by atoms with Crippen LogP contribution in [0.4, 0.5) is 4.79 Å². The van der Waals surface area contributed by atoms with Gasteiger partial charge in [-0.15, -0.1) is 11.8 Å². The van der Waals surface area contributed by atoms with Gasteiger partial charge in [0.25, 0.3) is 0 Å². The van der Waals surface area contributed by atoms with Crippen molar-refractivity contribution in [3.63, 3.8) is 0 Å². The van der Waals surface area contributed by atoms with Gasteiger partial charge in [0.1, 0.15) is 34.5 Å². The van der Waals surface area contributed by atoms with E-state index in [-0.39, 0.29) is 59.5 Å². The lowest BCUT2D eigenvalue weighted by molar-refractivity contribution is -0.323. The van der Waals surface area contributed by atoms with Crippen LogP contribution in [0.5, 0.6) is 5.75 Å². The number of phenols is 1. The minimum atomic E-state index is -2.04. The standard InChI is InChI=1S/C46H52N4O12S4/c1-24(2)48-31-23-59-35(21-34(31)57-4)62-40-42(54)46(63-6,41(53)39-37-27(15-18-47-39)28-20-26(51)13-14-30(28)49-37)25(3)60-43(40)61-33-12-10-8-9-11-17-45(56)22-32(52)38(50-44(55)58-5)36(33)29(45)16-19-65-66-64-7/h8-9,13-16,18,20,24-25,31,33-35,40,42-43,48-49,51,54,56H,19,21-23H2,1-7H3,(H,50,55)/b9-8-,29-16?/t25-,31+,33+,34+,35+,40-,42-,43+,45+,46-/m1/s1. The number of nitrogens with zero attached hydrogens (tertiary/aromatic N) is 1. The molecule has 3 aromatic rings. The van der Waals surface area contributed by atoms with Crippen molar-refractivity contribution < 1.29 is 58.1 Å². The lowest BCUT2D eigenvalue weighted by Gasteiger charge is -2.51. The number of fused-ring (bicyclic) bond motifs is 5. The van der Waals surface area contributed by atoms with Crippen molar-refractivity contribution in [2.75, 3.05) is 39.1 Å². The summed E-state index contributed by atoms with van der Waals surface area (Å²) < 4.78 is 35.5. The summed E-state index contributed by atoms with van der Waals surface area (Å²) in [7, 11) is 7.24. The number of aromatic hydroxyl groups is 1. The number of aliphatic hydroxyl groups excluding tert-OH is 1. The molecule has 2 bridgehead atoms. The molecule has 1 amide bonds. The average Bonchev–Trinajstić information content (AvgIpc) is 3.66. The summed E-state index contributed by atoms with van der Waals surface area (Å²) >= 11 is 1.06. The molecule has 16 nitrogen and oxygen atoms in total. The second-order valence-corrected chi connectivity index (χ2v) is 21.5. The first-order valence-corrected chi connectivity index (χ1v) is 26.3. The first-order valence-electron chi connectivity index (χ1n) is 21.0. The molecule has 2 aliphatic carbocycles. The molecule has 0 spiro atoms. The summed E-state index contributed by atoms with van der Waals surface area (Å²) in [5, 5.41) is 42.8. The molecule has 2 fully saturated rings. The molecule has 6 N–H and O–H groups in total. The lowest BCUT2D eigenvalue weighted by atomic mass is 9.75. The van der Waals surface area contributed by atoms with Gasteiger partial charge in [0.15, 0.2) is 24.0 Å². The number of thioether (sulfide) groups is 1. The highest BCUT2D eigenvalue weighted by Gasteiger charge is 2.61. The van der Waals surface area contributed by atoms with Gasteiger partial charge in [0.05, 0.1) is 49.6 Å². The summed E-state index contributed by atoms with van der Waals surface area (Å²) in [6, 6.07) is 6.49. The molecule has 4 heterocycles. The van der Waals surface area contributed by atoms with Gasteiger partial charge in [-0.2, -0.15) is 0 Å². The van der Waals surface area contributed by atoms with Crippen molar-refractivity contribution in [3.05, 3.63) is 71.2 Å². The lowest BCUT2D eigenvalue weighted by Crippen LogP contribution is -2.69. The monoisotopic (exact) mass is 980 g/mol. The van der Waals surface area contributed by atoms with Crippen LogP contribution in [0, 0.1) is 23.7 Å². The molecule has 2 aliphatic heterocycles. The van der Waals surface area contributed by atoms with E-state index in [2.05, 4.69) is 44.3 Å². The first-order chi connectivity index (χ1) is 31.7. The molecule has 2 aromatic heterocycles. The second-order valence-electron chi connectivity index (χ2n) is 16.1. The van der Waals surface area contributed by atoms with E-state index in [4.69, 9.17) is 28.4 Å². The molecule has 20 heteroatoms. The topological polar surface area (TPSA) is 220 Å².